The van der Waals surface area contributed by atoms with E-state index in [1.807, 2.05) is 4.90 Å². The van der Waals surface area contributed by atoms with Crippen LogP contribution in [-0.2, 0) is 4.79 Å². The normalized spacial score (nSPS) is 20.8. The molecule has 1 aliphatic rings. The quantitative estimate of drug-likeness (QED) is 0.915. The van der Waals surface area contributed by atoms with Gasteiger partial charge in [-0.15, -0.1) is 0 Å². The van der Waals surface area contributed by atoms with Crippen LogP contribution < -0.4 is 5.32 Å². The molecular weight excluding hydrogens is 248 g/mol. The smallest absolute Gasteiger partial charge is 0.223 e. The third-order valence-corrected chi connectivity index (χ3v) is 4.18. The predicted octanol–water partition coefficient (Wildman–Crippen LogP) is 2.70. The highest BCUT2D eigenvalue weighted by molar-refractivity contribution is 5.77. The van der Waals surface area contributed by atoms with E-state index in [1.54, 1.807) is 0 Å². The first-order valence-electron chi connectivity index (χ1n) is 7.68. The summed E-state index contributed by atoms with van der Waals surface area (Å²) in [5, 5.41) is 3.38. The summed E-state index contributed by atoms with van der Waals surface area (Å²) in [5.41, 5.74) is 2.56. The Hall–Kier alpha value is -1.35. The maximum atomic E-state index is 12.5. The monoisotopic (exact) mass is 274 g/mol. The molecule has 1 fully saturated rings. The van der Waals surface area contributed by atoms with Gasteiger partial charge in [-0.25, -0.2) is 0 Å². The first kappa shape index (κ1) is 15.0. The molecule has 20 heavy (non-hydrogen) atoms. The first-order chi connectivity index (χ1) is 9.60. The number of rotatable bonds is 4. The molecule has 1 saturated heterocycles. The molecule has 1 aromatic carbocycles. The molecule has 1 aliphatic heterocycles. The zero-order chi connectivity index (χ0) is 14.5. The summed E-state index contributed by atoms with van der Waals surface area (Å²) in [6.07, 6.45) is 1.64. The van der Waals surface area contributed by atoms with Crippen LogP contribution in [0.25, 0.3) is 0 Å². The molecule has 0 saturated carbocycles. The lowest BCUT2D eigenvalue weighted by Crippen LogP contribution is -2.51. The molecule has 1 aromatic rings. The van der Waals surface area contributed by atoms with Crippen LogP contribution in [0.5, 0.6) is 0 Å². The van der Waals surface area contributed by atoms with Crippen molar-refractivity contribution in [2.24, 2.45) is 0 Å². The Bertz CT molecular complexity index is 441. The maximum Gasteiger partial charge on any atom is 0.223 e. The minimum Gasteiger partial charge on any atom is -0.340 e. The molecular formula is C17H26N2O. The van der Waals surface area contributed by atoms with Gasteiger partial charge in [-0.05, 0) is 31.7 Å². The number of amides is 1. The first-order valence-corrected chi connectivity index (χ1v) is 7.68. The van der Waals surface area contributed by atoms with Crippen LogP contribution in [0, 0.1) is 6.92 Å². The van der Waals surface area contributed by atoms with Crippen LogP contribution in [0.2, 0.25) is 0 Å². The van der Waals surface area contributed by atoms with Crippen molar-refractivity contribution in [3.8, 4) is 0 Å². The topological polar surface area (TPSA) is 32.3 Å². The fourth-order valence-electron chi connectivity index (χ4n) is 2.84. The summed E-state index contributed by atoms with van der Waals surface area (Å²) in [6, 6.07) is 9.01. The molecule has 1 N–H and O–H groups in total. The minimum atomic E-state index is 0.297. The van der Waals surface area contributed by atoms with Gasteiger partial charge in [0.2, 0.25) is 5.91 Å². The number of hydrogen-bond donors (Lipinski definition) is 1. The van der Waals surface area contributed by atoms with Crippen molar-refractivity contribution >= 4 is 5.91 Å². The second-order valence-electron chi connectivity index (χ2n) is 5.91. The molecule has 3 heteroatoms. The highest BCUT2D eigenvalue weighted by atomic mass is 16.2. The molecule has 0 spiro atoms. The van der Waals surface area contributed by atoms with Crippen LogP contribution in [0.1, 0.15) is 43.7 Å². The fraction of sp³-hybridized carbons (Fsp3) is 0.588. The van der Waals surface area contributed by atoms with Gasteiger partial charge >= 0.3 is 0 Å². The van der Waals surface area contributed by atoms with Crippen LogP contribution in [0.15, 0.2) is 24.3 Å². The Balaban J connectivity index is 1.98. The van der Waals surface area contributed by atoms with E-state index in [1.165, 1.54) is 11.1 Å². The lowest BCUT2D eigenvalue weighted by atomic mass is 9.92. The molecule has 1 heterocycles. The summed E-state index contributed by atoms with van der Waals surface area (Å²) >= 11 is 0. The van der Waals surface area contributed by atoms with Gasteiger partial charge in [-0.3, -0.25) is 4.79 Å². The molecule has 0 bridgehead atoms. The van der Waals surface area contributed by atoms with Crippen LogP contribution in [0.4, 0.5) is 0 Å². The number of carbonyl (C=O) groups is 1. The molecule has 2 unspecified atom stereocenters. The highest BCUT2D eigenvalue weighted by Gasteiger charge is 2.23. The molecule has 0 radical (unpaired) electrons. The summed E-state index contributed by atoms with van der Waals surface area (Å²) in [7, 11) is 0. The molecule has 3 nitrogen and oxygen atoms in total. The van der Waals surface area contributed by atoms with Crippen LogP contribution in [0.3, 0.4) is 0 Å². The van der Waals surface area contributed by atoms with E-state index < -0.39 is 0 Å². The van der Waals surface area contributed by atoms with Gasteiger partial charge in [0, 0.05) is 32.1 Å². The lowest BCUT2D eigenvalue weighted by molar-refractivity contribution is -0.132. The number of nitrogens with zero attached hydrogens (tertiary/aromatic N) is 1. The van der Waals surface area contributed by atoms with E-state index in [9.17, 15) is 4.79 Å². The van der Waals surface area contributed by atoms with Crippen molar-refractivity contribution < 1.29 is 4.79 Å². The van der Waals surface area contributed by atoms with Gasteiger partial charge in [0.25, 0.3) is 0 Å². The third kappa shape index (κ3) is 3.83. The summed E-state index contributed by atoms with van der Waals surface area (Å²) < 4.78 is 0. The van der Waals surface area contributed by atoms with Crippen LogP contribution >= 0.6 is 0 Å². The molecule has 0 aliphatic carbocycles. The molecule has 1 amide bonds. The molecule has 2 rings (SSSR count). The van der Waals surface area contributed by atoms with Gasteiger partial charge in [0.05, 0.1) is 0 Å². The maximum absolute atomic E-state index is 12.5. The number of nitrogens with one attached hydrogen (secondary N) is 1. The van der Waals surface area contributed by atoms with Crippen molar-refractivity contribution in [3.63, 3.8) is 0 Å². The Morgan fingerprint density at radius 1 is 1.40 bits per heavy atom. The average Bonchev–Trinajstić information content (AvgIpc) is 2.45. The fourth-order valence-corrected chi connectivity index (χ4v) is 2.84. The lowest BCUT2D eigenvalue weighted by Gasteiger charge is -2.33. The Morgan fingerprint density at radius 2 is 2.10 bits per heavy atom. The highest BCUT2D eigenvalue weighted by Crippen LogP contribution is 2.24. The number of hydrogen-bond acceptors (Lipinski definition) is 2. The van der Waals surface area contributed by atoms with E-state index in [-0.39, 0.29) is 0 Å². The second kappa shape index (κ2) is 6.89. The zero-order valence-electron chi connectivity index (χ0n) is 12.9. The van der Waals surface area contributed by atoms with Crippen molar-refractivity contribution in [2.45, 2.75) is 45.6 Å². The van der Waals surface area contributed by atoms with Crippen molar-refractivity contribution in [1.29, 1.82) is 0 Å². The minimum absolute atomic E-state index is 0.297. The molecule has 2 atom stereocenters. The second-order valence-corrected chi connectivity index (χ2v) is 5.91. The van der Waals surface area contributed by atoms with E-state index >= 15 is 0 Å². The van der Waals surface area contributed by atoms with E-state index in [4.69, 9.17) is 0 Å². The van der Waals surface area contributed by atoms with E-state index in [0.717, 1.165) is 26.1 Å². The number of piperazine rings is 1. The van der Waals surface area contributed by atoms with E-state index in [0.29, 0.717) is 24.3 Å². The SMILES string of the molecule is CCC(CC(=O)N1CCNC(C)C1)c1ccc(C)cc1. The summed E-state index contributed by atoms with van der Waals surface area (Å²) in [6.45, 7) is 8.98. The van der Waals surface area contributed by atoms with Gasteiger partial charge in [-0.1, -0.05) is 36.8 Å². The number of aryl methyl sites for hydroxylation is 1. The van der Waals surface area contributed by atoms with Gasteiger partial charge < -0.3 is 10.2 Å². The Kier molecular flexibility index (Phi) is 5.18. The number of carbonyl (C=O) groups excluding carboxylic acids is 1. The van der Waals surface area contributed by atoms with Gasteiger partial charge in [0.15, 0.2) is 0 Å². The van der Waals surface area contributed by atoms with Crippen molar-refractivity contribution in [3.05, 3.63) is 35.4 Å². The largest absolute Gasteiger partial charge is 0.340 e. The van der Waals surface area contributed by atoms with Crippen molar-refractivity contribution in [1.82, 2.24) is 10.2 Å². The zero-order valence-corrected chi connectivity index (χ0v) is 12.9. The predicted molar refractivity (Wildman–Crippen MR) is 82.9 cm³/mol. The van der Waals surface area contributed by atoms with Crippen LogP contribution in [-0.4, -0.2) is 36.5 Å². The summed E-state index contributed by atoms with van der Waals surface area (Å²) in [4.78, 5) is 14.5. The van der Waals surface area contributed by atoms with E-state index in [2.05, 4.69) is 50.4 Å². The average molecular weight is 274 g/mol. The Labute approximate surface area is 122 Å². The summed E-state index contributed by atoms with van der Waals surface area (Å²) in [5.74, 6) is 0.638. The van der Waals surface area contributed by atoms with Gasteiger partial charge in [0.1, 0.15) is 0 Å². The van der Waals surface area contributed by atoms with Gasteiger partial charge in [-0.2, -0.15) is 0 Å². The Morgan fingerprint density at radius 3 is 2.70 bits per heavy atom. The number of benzene rings is 1. The molecule has 0 aromatic heterocycles. The standard InChI is InChI=1S/C17H26N2O/c1-4-15(16-7-5-13(2)6-8-16)11-17(20)19-10-9-18-14(3)12-19/h5-8,14-15,18H,4,9-12H2,1-3H3. The third-order valence-electron chi connectivity index (χ3n) is 4.18. The molecule has 110 valence electrons. The van der Waals surface area contributed by atoms with Crippen molar-refractivity contribution in [2.75, 3.05) is 19.6 Å².